The lowest BCUT2D eigenvalue weighted by Gasteiger charge is -2.23. The number of aromatic nitrogens is 2. The summed E-state index contributed by atoms with van der Waals surface area (Å²) >= 11 is 0. The van der Waals surface area contributed by atoms with Crippen molar-refractivity contribution in [2.75, 3.05) is 6.54 Å². The molecule has 2 rings (SSSR count). The van der Waals surface area contributed by atoms with Gasteiger partial charge >= 0.3 is 5.69 Å². The Labute approximate surface area is 89.3 Å². The van der Waals surface area contributed by atoms with Gasteiger partial charge in [0.1, 0.15) is 0 Å². The highest BCUT2D eigenvalue weighted by Gasteiger charge is 2.13. The molecule has 0 aliphatic carbocycles. The molecule has 0 amide bonds. The van der Waals surface area contributed by atoms with Gasteiger partial charge in [-0.25, -0.2) is 9.78 Å². The topological polar surface area (TPSA) is 46.9 Å². The molecule has 1 aliphatic heterocycles. The third kappa shape index (κ3) is 2.65. The highest BCUT2D eigenvalue weighted by atomic mass is 16.1. The van der Waals surface area contributed by atoms with Gasteiger partial charge in [0, 0.05) is 25.0 Å². The molecule has 82 valence electrons. The van der Waals surface area contributed by atoms with E-state index in [-0.39, 0.29) is 5.69 Å². The lowest BCUT2D eigenvalue weighted by Crippen LogP contribution is -2.40. The standard InChI is InChI=1S/C11H17N3O/c1-9-6-13-11(15)14(7-9)8-10-4-2-3-5-12-10/h6-7,10,12H,2-5,8H2,1H3. The second-order valence-corrected chi connectivity index (χ2v) is 4.21. The molecule has 0 spiro atoms. The normalized spacial score (nSPS) is 21.5. The summed E-state index contributed by atoms with van der Waals surface area (Å²) in [4.78, 5) is 15.3. The predicted molar refractivity (Wildman–Crippen MR) is 58.9 cm³/mol. The minimum absolute atomic E-state index is 0.145. The van der Waals surface area contributed by atoms with Crippen LogP contribution >= 0.6 is 0 Å². The van der Waals surface area contributed by atoms with Crippen LogP contribution in [0.1, 0.15) is 24.8 Å². The zero-order valence-corrected chi connectivity index (χ0v) is 9.07. The van der Waals surface area contributed by atoms with Crippen molar-refractivity contribution in [1.29, 1.82) is 0 Å². The Kier molecular flexibility index (Phi) is 3.16. The summed E-state index contributed by atoms with van der Waals surface area (Å²) in [6.07, 6.45) is 7.16. The van der Waals surface area contributed by atoms with E-state index in [4.69, 9.17) is 0 Å². The molecule has 1 aromatic rings. The first kappa shape index (κ1) is 10.4. The minimum atomic E-state index is -0.145. The summed E-state index contributed by atoms with van der Waals surface area (Å²) in [6.45, 7) is 3.77. The van der Waals surface area contributed by atoms with Crippen LogP contribution in [0, 0.1) is 6.92 Å². The van der Waals surface area contributed by atoms with Crippen LogP contribution in [0.3, 0.4) is 0 Å². The Balaban J connectivity index is 2.09. The molecule has 4 nitrogen and oxygen atoms in total. The van der Waals surface area contributed by atoms with Gasteiger partial charge in [-0.1, -0.05) is 6.42 Å². The fourth-order valence-electron chi connectivity index (χ4n) is 2.01. The van der Waals surface area contributed by atoms with Crippen LogP contribution in [0.5, 0.6) is 0 Å². The molecule has 0 bridgehead atoms. The van der Waals surface area contributed by atoms with E-state index in [1.54, 1.807) is 10.8 Å². The van der Waals surface area contributed by atoms with Crippen LogP contribution < -0.4 is 11.0 Å². The quantitative estimate of drug-likeness (QED) is 0.776. The van der Waals surface area contributed by atoms with Crippen molar-refractivity contribution in [3.63, 3.8) is 0 Å². The zero-order chi connectivity index (χ0) is 10.7. The number of aryl methyl sites for hydroxylation is 1. The lowest BCUT2D eigenvalue weighted by molar-refractivity contribution is 0.357. The number of nitrogens with one attached hydrogen (secondary N) is 1. The molecule has 4 heteroatoms. The zero-order valence-electron chi connectivity index (χ0n) is 9.07. The number of hydrogen-bond acceptors (Lipinski definition) is 3. The molecule has 1 aromatic heterocycles. The summed E-state index contributed by atoms with van der Waals surface area (Å²) in [7, 11) is 0. The van der Waals surface area contributed by atoms with E-state index in [1.165, 1.54) is 12.8 Å². The lowest BCUT2D eigenvalue weighted by atomic mass is 10.1. The average Bonchev–Trinajstić information content (AvgIpc) is 2.25. The largest absolute Gasteiger partial charge is 0.347 e. The Morgan fingerprint density at radius 2 is 2.47 bits per heavy atom. The van der Waals surface area contributed by atoms with Gasteiger partial charge in [0.15, 0.2) is 0 Å². The van der Waals surface area contributed by atoms with E-state index < -0.39 is 0 Å². The van der Waals surface area contributed by atoms with Crippen molar-refractivity contribution in [2.24, 2.45) is 0 Å². The molecule has 2 heterocycles. The van der Waals surface area contributed by atoms with Gasteiger partial charge in [-0.3, -0.25) is 4.57 Å². The first-order valence-corrected chi connectivity index (χ1v) is 5.52. The Morgan fingerprint density at radius 1 is 1.60 bits per heavy atom. The number of rotatable bonds is 2. The SMILES string of the molecule is Cc1cnc(=O)n(CC2CCCCN2)c1. The Morgan fingerprint density at radius 3 is 3.20 bits per heavy atom. The van der Waals surface area contributed by atoms with Gasteiger partial charge in [0.2, 0.25) is 0 Å². The second-order valence-electron chi connectivity index (χ2n) is 4.21. The van der Waals surface area contributed by atoms with Gasteiger partial charge in [-0.2, -0.15) is 0 Å². The van der Waals surface area contributed by atoms with Crippen LogP contribution in [-0.4, -0.2) is 22.1 Å². The molecule has 1 aliphatic rings. The summed E-state index contributed by atoms with van der Waals surface area (Å²) in [5, 5.41) is 3.43. The first-order valence-electron chi connectivity index (χ1n) is 5.52. The molecular formula is C11H17N3O. The van der Waals surface area contributed by atoms with Crippen LogP contribution in [0.4, 0.5) is 0 Å². The van der Waals surface area contributed by atoms with Gasteiger partial charge in [0.05, 0.1) is 0 Å². The molecule has 0 aromatic carbocycles. The van der Waals surface area contributed by atoms with Crippen molar-refractivity contribution in [2.45, 2.75) is 38.8 Å². The number of piperidine rings is 1. The maximum absolute atomic E-state index is 11.5. The van der Waals surface area contributed by atoms with Gasteiger partial charge in [-0.15, -0.1) is 0 Å². The maximum atomic E-state index is 11.5. The monoisotopic (exact) mass is 207 g/mol. The fraction of sp³-hybridized carbons (Fsp3) is 0.636. The van der Waals surface area contributed by atoms with Crippen LogP contribution in [0.15, 0.2) is 17.2 Å². The van der Waals surface area contributed by atoms with E-state index in [9.17, 15) is 4.79 Å². The molecule has 0 saturated carbocycles. The Bertz CT molecular complexity index is 380. The van der Waals surface area contributed by atoms with E-state index in [1.807, 2.05) is 13.1 Å². The van der Waals surface area contributed by atoms with Gasteiger partial charge in [0.25, 0.3) is 0 Å². The second kappa shape index (κ2) is 4.57. The molecule has 1 unspecified atom stereocenters. The average molecular weight is 207 g/mol. The van der Waals surface area contributed by atoms with Crippen LogP contribution in [0.25, 0.3) is 0 Å². The summed E-state index contributed by atoms with van der Waals surface area (Å²) in [5.41, 5.74) is 0.887. The van der Waals surface area contributed by atoms with E-state index >= 15 is 0 Å². The van der Waals surface area contributed by atoms with Crippen LogP contribution in [-0.2, 0) is 6.54 Å². The number of nitrogens with zero attached hydrogens (tertiary/aromatic N) is 2. The highest BCUT2D eigenvalue weighted by molar-refractivity contribution is 5.00. The van der Waals surface area contributed by atoms with Crippen molar-refractivity contribution in [3.05, 3.63) is 28.4 Å². The van der Waals surface area contributed by atoms with Crippen LogP contribution in [0.2, 0.25) is 0 Å². The van der Waals surface area contributed by atoms with Crippen molar-refractivity contribution < 1.29 is 0 Å². The molecule has 1 fully saturated rings. The molecular weight excluding hydrogens is 190 g/mol. The number of hydrogen-bond donors (Lipinski definition) is 1. The van der Waals surface area contributed by atoms with E-state index in [2.05, 4.69) is 10.3 Å². The first-order chi connectivity index (χ1) is 7.25. The Hall–Kier alpha value is -1.16. The van der Waals surface area contributed by atoms with Crippen molar-refractivity contribution in [1.82, 2.24) is 14.9 Å². The smallest absolute Gasteiger partial charge is 0.312 e. The summed E-state index contributed by atoms with van der Waals surface area (Å²) < 4.78 is 1.71. The fourth-order valence-corrected chi connectivity index (χ4v) is 2.01. The van der Waals surface area contributed by atoms with E-state index in [0.717, 1.165) is 25.1 Å². The minimum Gasteiger partial charge on any atom is -0.312 e. The van der Waals surface area contributed by atoms with Crippen molar-refractivity contribution >= 4 is 0 Å². The molecule has 0 radical (unpaired) electrons. The van der Waals surface area contributed by atoms with Gasteiger partial charge < -0.3 is 5.32 Å². The third-order valence-electron chi connectivity index (χ3n) is 2.81. The summed E-state index contributed by atoms with van der Waals surface area (Å²) in [6, 6.07) is 0.431. The molecule has 1 saturated heterocycles. The maximum Gasteiger partial charge on any atom is 0.347 e. The van der Waals surface area contributed by atoms with E-state index in [0.29, 0.717) is 6.04 Å². The molecule has 1 atom stereocenters. The highest BCUT2D eigenvalue weighted by Crippen LogP contribution is 2.08. The predicted octanol–water partition coefficient (Wildman–Crippen LogP) is 0.694. The summed E-state index contributed by atoms with van der Waals surface area (Å²) in [5.74, 6) is 0. The molecule has 1 N–H and O–H groups in total. The molecule has 15 heavy (non-hydrogen) atoms. The van der Waals surface area contributed by atoms with Crippen molar-refractivity contribution in [3.8, 4) is 0 Å². The van der Waals surface area contributed by atoms with Gasteiger partial charge in [-0.05, 0) is 31.9 Å². The third-order valence-corrected chi connectivity index (χ3v) is 2.81.